The fraction of sp³-hybridized carbons (Fsp3) is 0.333. The van der Waals surface area contributed by atoms with Gasteiger partial charge in [0.15, 0.2) is 6.61 Å². The summed E-state index contributed by atoms with van der Waals surface area (Å²) in [4.78, 5) is 15.6. The van der Waals surface area contributed by atoms with Gasteiger partial charge in [0, 0.05) is 12.3 Å². The molecule has 0 aliphatic carbocycles. The van der Waals surface area contributed by atoms with E-state index < -0.39 is 18.7 Å². The molecule has 0 unspecified atom stereocenters. The highest BCUT2D eigenvalue weighted by molar-refractivity contribution is 5.93. The fourth-order valence-corrected chi connectivity index (χ4v) is 1.99. The van der Waals surface area contributed by atoms with Gasteiger partial charge < -0.3 is 19.5 Å². The van der Waals surface area contributed by atoms with Crippen LogP contribution in [-0.4, -0.2) is 43.4 Å². The zero-order valence-corrected chi connectivity index (χ0v) is 14.6. The fourth-order valence-electron chi connectivity index (χ4n) is 1.99. The van der Waals surface area contributed by atoms with Gasteiger partial charge in [0.25, 0.3) is 5.91 Å². The summed E-state index contributed by atoms with van der Waals surface area (Å²) in [7, 11) is 0. The summed E-state index contributed by atoms with van der Waals surface area (Å²) in [6, 6.07) is 9.63. The second-order valence-corrected chi connectivity index (χ2v) is 5.30. The van der Waals surface area contributed by atoms with Crippen molar-refractivity contribution in [1.82, 2.24) is 10.3 Å². The van der Waals surface area contributed by atoms with Gasteiger partial charge >= 0.3 is 6.18 Å². The van der Waals surface area contributed by atoms with Gasteiger partial charge in [0.1, 0.15) is 18.1 Å². The van der Waals surface area contributed by atoms with E-state index in [0.29, 0.717) is 12.4 Å². The van der Waals surface area contributed by atoms with Crippen LogP contribution in [0.15, 0.2) is 42.6 Å². The van der Waals surface area contributed by atoms with Crippen molar-refractivity contribution in [3.63, 3.8) is 0 Å². The molecule has 0 fully saturated rings. The van der Waals surface area contributed by atoms with Crippen LogP contribution < -0.4 is 19.5 Å². The average molecular weight is 384 g/mol. The van der Waals surface area contributed by atoms with Crippen LogP contribution >= 0.6 is 0 Å². The predicted octanol–water partition coefficient (Wildman–Crippen LogP) is 3.23. The van der Waals surface area contributed by atoms with Crippen molar-refractivity contribution in [3.8, 4) is 17.4 Å². The third-order valence-electron chi connectivity index (χ3n) is 3.17. The number of rotatable bonds is 9. The highest BCUT2D eigenvalue weighted by Gasteiger charge is 2.28. The number of pyridine rings is 1. The van der Waals surface area contributed by atoms with Gasteiger partial charge in [-0.1, -0.05) is 0 Å². The molecule has 0 atom stereocenters. The summed E-state index contributed by atoms with van der Waals surface area (Å²) in [6.07, 6.45) is -3.30. The van der Waals surface area contributed by atoms with E-state index in [-0.39, 0.29) is 24.6 Å². The van der Waals surface area contributed by atoms with E-state index in [2.05, 4.69) is 15.0 Å². The number of halogens is 3. The van der Waals surface area contributed by atoms with E-state index >= 15 is 0 Å². The number of carbonyl (C=O) groups excluding carboxylic acids is 1. The zero-order valence-electron chi connectivity index (χ0n) is 14.6. The molecule has 1 N–H and O–H groups in total. The third kappa shape index (κ3) is 7.43. The lowest BCUT2D eigenvalue weighted by molar-refractivity contribution is -0.154. The molecule has 1 heterocycles. The maximum atomic E-state index is 12.1. The molecule has 1 aromatic heterocycles. The Morgan fingerprint density at radius 3 is 2.26 bits per heavy atom. The number of nitrogens with zero attached hydrogens (tertiary/aromatic N) is 1. The second-order valence-electron chi connectivity index (χ2n) is 5.30. The molecule has 146 valence electrons. The second kappa shape index (κ2) is 9.65. The van der Waals surface area contributed by atoms with Crippen molar-refractivity contribution in [2.24, 2.45) is 0 Å². The van der Waals surface area contributed by atoms with Crippen LogP contribution in [0.5, 0.6) is 17.4 Å². The molecule has 0 bridgehead atoms. The summed E-state index contributed by atoms with van der Waals surface area (Å²) in [5.74, 6) is 0.761. The maximum absolute atomic E-state index is 12.1. The molecule has 1 aromatic carbocycles. The molecule has 0 radical (unpaired) electrons. The van der Waals surface area contributed by atoms with Gasteiger partial charge in [-0.15, -0.1) is 0 Å². The van der Waals surface area contributed by atoms with Crippen molar-refractivity contribution < 1.29 is 32.2 Å². The van der Waals surface area contributed by atoms with E-state index in [0.717, 1.165) is 11.9 Å². The Morgan fingerprint density at radius 2 is 1.70 bits per heavy atom. The lowest BCUT2D eigenvalue weighted by Crippen LogP contribution is -2.28. The highest BCUT2D eigenvalue weighted by Crippen LogP contribution is 2.18. The monoisotopic (exact) mass is 384 g/mol. The van der Waals surface area contributed by atoms with Gasteiger partial charge in [0.05, 0.1) is 18.7 Å². The van der Waals surface area contributed by atoms with Crippen LogP contribution in [0.25, 0.3) is 0 Å². The summed E-state index contributed by atoms with van der Waals surface area (Å²) in [6.45, 7) is 1.54. The Kier molecular flexibility index (Phi) is 7.27. The highest BCUT2D eigenvalue weighted by atomic mass is 19.4. The molecule has 9 heteroatoms. The predicted molar refractivity (Wildman–Crippen MR) is 91.2 cm³/mol. The van der Waals surface area contributed by atoms with E-state index in [9.17, 15) is 18.0 Å². The van der Waals surface area contributed by atoms with Gasteiger partial charge in [-0.3, -0.25) is 4.79 Å². The molecule has 0 aliphatic heterocycles. The minimum atomic E-state index is -4.44. The maximum Gasteiger partial charge on any atom is 0.422 e. The van der Waals surface area contributed by atoms with Crippen LogP contribution in [0.1, 0.15) is 17.3 Å². The quantitative estimate of drug-likeness (QED) is 0.673. The standard InChI is InChI=1S/C18H19F3N2O4/c1-2-25-14-4-6-15(7-5-14)26-10-9-22-17(24)13-3-8-16(23-11-13)27-12-18(19,20)21/h3-8,11H,2,9-10,12H2,1H3,(H,22,24). The summed E-state index contributed by atoms with van der Waals surface area (Å²) < 4.78 is 51.5. The van der Waals surface area contributed by atoms with Gasteiger partial charge in [-0.25, -0.2) is 4.98 Å². The number of benzene rings is 1. The zero-order chi connectivity index (χ0) is 19.7. The first-order valence-electron chi connectivity index (χ1n) is 8.17. The van der Waals surface area contributed by atoms with Crippen LogP contribution in [0.2, 0.25) is 0 Å². The minimum absolute atomic E-state index is 0.204. The Bertz CT molecular complexity index is 719. The molecule has 2 rings (SSSR count). The van der Waals surface area contributed by atoms with Crippen LogP contribution in [-0.2, 0) is 0 Å². The first-order chi connectivity index (χ1) is 12.9. The Balaban J connectivity index is 1.72. The van der Waals surface area contributed by atoms with Crippen LogP contribution in [0.4, 0.5) is 13.2 Å². The number of alkyl halides is 3. The number of hydrogen-bond acceptors (Lipinski definition) is 5. The third-order valence-corrected chi connectivity index (χ3v) is 3.17. The molecule has 27 heavy (non-hydrogen) atoms. The number of ether oxygens (including phenoxy) is 3. The number of hydrogen-bond donors (Lipinski definition) is 1. The van der Waals surface area contributed by atoms with Crippen LogP contribution in [0.3, 0.4) is 0 Å². The number of amides is 1. The first-order valence-corrected chi connectivity index (χ1v) is 8.17. The number of carbonyl (C=O) groups is 1. The molecule has 6 nitrogen and oxygen atoms in total. The SMILES string of the molecule is CCOc1ccc(OCCNC(=O)c2ccc(OCC(F)(F)F)nc2)cc1. The van der Waals surface area contributed by atoms with Crippen molar-refractivity contribution in [1.29, 1.82) is 0 Å². The molecule has 0 saturated heterocycles. The van der Waals surface area contributed by atoms with Gasteiger partial charge in [0.2, 0.25) is 5.88 Å². The molecule has 0 aliphatic rings. The van der Waals surface area contributed by atoms with Crippen molar-refractivity contribution >= 4 is 5.91 Å². The van der Waals surface area contributed by atoms with Crippen molar-refractivity contribution in [2.45, 2.75) is 13.1 Å². The molecular formula is C18H19F3N2O4. The molecular weight excluding hydrogens is 365 g/mol. The Morgan fingerprint density at radius 1 is 1.04 bits per heavy atom. The minimum Gasteiger partial charge on any atom is -0.494 e. The van der Waals surface area contributed by atoms with E-state index in [1.165, 1.54) is 12.1 Å². The summed E-state index contributed by atoms with van der Waals surface area (Å²) in [5.41, 5.74) is 0.204. The average Bonchev–Trinajstić information content (AvgIpc) is 2.65. The Labute approximate surface area is 154 Å². The molecule has 1 amide bonds. The topological polar surface area (TPSA) is 69.7 Å². The van der Waals surface area contributed by atoms with Crippen LogP contribution in [0, 0.1) is 0 Å². The van der Waals surface area contributed by atoms with Gasteiger partial charge in [-0.05, 0) is 37.3 Å². The summed E-state index contributed by atoms with van der Waals surface area (Å²) >= 11 is 0. The largest absolute Gasteiger partial charge is 0.494 e. The lowest BCUT2D eigenvalue weighted by Gasteiger charge is -2.10. The summed E-state index contributed by atoms with van der Waals surface area (Å²) in [5, 5.41) is 2.63. The van der Waals surface area contributed by atoms with E-state index in [1.807, 2.05) is 6.92 Å². The first kappa shape index (κ1) is 20.3. The molecule has 0 saturated carbocycles. The lowest BCUT2D eigenvalue weighted by atomic mass is 10.2. The molecule has 0 spiro atoms. The van der Waals surface area contributed by atoms with Crippen molar-refractivity contribution in [2.75, 3.05) is 26.4 Å². The van der Waals surface area contributed by atoms with Crippen molar-refractivity contribution in [3.05, 3.63) is 48.2 Å². The smallest absolute Gasteiger partial charge is 0.422 e. The molecule has 2 aromatic rings. The van der Waals surface area contributed by atoms with E-state index in [1.54, 1.807) is 24.3 Å². The Hall–Kier alpha value is -2.97. The number of nitrogens with one attached hydrogen (secondary N) is 1. The van der Waals surface area contributed by atoms with Gasteiger partial charge in [-0.2, -0.15) is 13.2 Å². The number of aromatic nitrogens is 1. The van der Waals surface area contributed by atoms with E-state index in [4.69, 9.17) is 9.47 Å². The normalized spacial score (nSPS) is 11.0.